The molecule has 2 nitrogen and oxygen atoms in total. The van der Waals surface area contributed by atoms with Crippen molar-refractivity contribution in [2.75, 3.05) is 19.7 Å². The van der Waals surface area contributed by atoms with E-state index in [-0.39, 0.29) is 0 Å². The zero-order valence-corrected chi connectivity index (χ0v) is 13.3. The van der Waals surface area contributed by atoms with Gasteiger partial charge in [-0.15, -0.1) is 0 Å². The molecule has 1 N–H and O–H groups in total. The summed E-state index contributed by atoms with van der Waals surface area (Å²) in [4.78, 5) is 0. The Balaban J connectivity index is 1.41. The SMILES string of the molecule is CC1CCNC[C@H]1CO[C@H]1CC[C@@H](c2ccccc2)CC1. The molecule has 1 unspecified atom stereocenters. The molecule has 2 heteroatoms. The molecule has 2 fully saturated rings. The summed E-state index contributed by atoms with van der Waals surface area (Å²) in [5, 5.41) is 3.50. The third-order valence-corrected chi connectivity index (χ3v) is 5.48. The van der Waals surface area contributed by atoms with E-state index < -0.39 is 0 Å². The summed E-state index contributed by atoms with van der Waals surface area (Å²) >= 11 is 0. The fourth-order valence-electron chi connectivity index (χ4n) is 3.82. The number of piperidine rings is 1. The largest absolute Gasteiger partial charge is 0.378 e. The van der Waals surface area contributed by atoms with E-state index in [4.69, 9.17) is 4.74 Å². The van der Waals surface area contributed by atoms with Crippen molar-refractivity contribution in [1.29, 1.82) is 0 Å². The average Bonchev–Trinajstić information content (AvgIpc) is 2.55. The van der Waals surface area contributed by atoms with Crippen LogP contribution in [0.25, 0.3) is 0 Å². The van der Waals surface area contributed by atoms with Gasteiger partial charge in [-0.1, -0.05) is 37.3 Å². The molecular weight excluding hydrogens is 258 g/mol. The molecule has 0 radical (unpaired) electrons. The van der Waals surface area contributed by atoms with E-state index in [1.54, 1.807) is 0 Å². The number of hydrogen-bond acceptors (Lipinski definition) is 2. The molecule has 0 amide bonds. The maximum Gasteiger partial charge on any atom is 0.0575 e. The summed E-state index contributed by atoms with van der Waals surface area (Å²) in [6, 6.07) is 11.0. The summed E-state index contributed by atoms with van der Waals surface area (Å²) in [5.41, 5.74) is 1.51. The van der Waals surface area contributed by atoms with Gasteiger partial charge >= 0.3 is 0 Å². The minimum absolute atomic E-state index is 0.499. The number of hydrogen-bond donors (Lipinski definition) is 1. The standard InChI is InChI=1S/C19H29NO/c1-15-11-12-20-13-18(15)14-21-19-9-7-17(8-10-19)16-5-3-2-4-6-16/h2-6,15,17-20H,7-14H2,1H3/t15?,17-,18-,19+/m0/s1. The first-order valence-corrected chi connectivity index (χ1v) is 8.70. The monoisotopic (exact) mass is 287 g/mol. The van der Waals surface area contributed by atoms with E-state index >= 15 is 0 Å². The highest BCUT2D eigenvalue weighted by molar-refractivity contribution is 5.19. The Hall–Kier alpha value is -0.860. The second-order valence-electron chi connectivity index (χ2n) is 6.95. The predicted molar refractivity (Wildman–Crippen MR) is 87.5 cm³/mol. The van der Waals surface area contributed by atoms with Crippen molar-refractivity contribution < 1.29 is 4.74 Å². The number of benzene rings is 1. The van der Waals surface area contributed by atoms with Crippen LogP contribution in [0.4, 0.5) is 0 Å². The zero-order valence-electron chi connectivity index (χ0n) is 13.3. The van der Waals surface area contributed by atoms with E-state index in [0.29, 0.717) is 12.0 Å². The Kier molecular flexibility index (Phi) is 5.32. The lowest BCUT2D eigenvalue weighted by Gasteiger charge is -2.33. The number of ether oxygens (including phenoxy) is 1. The first kappa shape index (κ1) is 15.1. The molecule has 3 rings (SSSR count). The Morgan fingerprint density at radius 1 is 1.05 bits per heavy atom. The van der Waals surface area contributed by atoms with Crippen molar-refractivity contribution in [2.24, 2.45) is 11.8 Å². The number of rotatable bonds is 4. The van der Waals surface area contributed by atoms with Gasteiger partial charge in [-0.3, -0.25) is 0 Å². The van der Waals surface area contributed by atoms with Crippen LogP contribution in [-0.2, 0) is 4.74 Å². The zero-order chi connectivity index (χ0) is 14.5. The lowest BCUT2D eigenvalue weighted by molar-refractivity contribution is -0.00915. The lowest BCUT2D eigenvalue weighted by atomic mass is 9.82. The molecule has 1 heterocycles. The van der Waals surface area contributed by atoms with Gasteiger partial charge in [0.1, 0.15) is 0 Å². The Morgan fingerprint density at radius 2 is 1.81 bits per heavy atom. The third kappa shape index (κ3) is 4.08. The molecule has 2 aliphatic rings. The molecule has 0 bridgehead atoms. The summed E-state index contributed by atoms with van der Waals surface area (Å²) in [7, 11) is 0. The van der Waals surface area contributed by atoms with Crippen LogP contribution < -0.4 is 5.32 Å². The summed E-state index contributed by atoms with van der Waals surface area (Å²) in [5.74, 6) is 2.28. The first-order valence-electron chi connectivity index (χ1n) is 8.70. The van der Waals surface area contributed by atoms with Crippen LogP contribution in [0, 0.1) is 11.8 Å². The van der Waals surface area contributed by atoms with E-state index in [2.05, 4.69) is 42.6 Å². The van der Waals surface area contributed by atoms with Gasteiger partial charge in [-0.25, -0.2) is 0 Å². The average molecular weight is 287 g/mol. The van der Waals surface area contributed by atoms with Gasteiger partial charge < -0.3 is 10.1 Å². The van der Waals surface area contributed by atoms with E-state index in [0.717, 1.165) is 25.0 Å². The third-order valence-electron chi connectivity index (χ3n) is 5.48. The normalized spacial score (nSPS) is 33.8. The molecule has 1 saturated heterocycles. The van der Waals surface area contributed by atoms with Gasteiger partial charge in [-0.2, -0.15) is 0 Å². The quantitative estimate of drug-likeness (QED) is 0.904. The van der Waals surface area contributed by atoms with Crippen LogP contribution in [0.1, 0.15) is 50.5 Å². The smallest absolute Gasteiger partial charge is 0.0575 e. The predicted octanol–water partition coefficient (Wildman–Crippen LogP) is 3.98. The molecule has 2 atom stereocenters. The van der Waals surface area contributed by atoms with Gasteiger partial charge in [0.15, 0.2) is 0 Å². The van der Waals surface area contributed by atoms with Crippen LogP contribution in [0.3, 0.4) is 0 Å². The molecule has 1 aliphatic carbocycles. The molecule has 1 aromatic rings. The van der Waals surface area contributed by atoms with Crippen molar-refractivity contribution in [1.82, 2.24) is 5.32 Å². The molecule has 1 aromatic carbocycles. The van der Waals surface area contributed by atoms with Crippen LogP contribution in [-0.4, -0.2) is 25.8 Å². The maximum atomic E-state index is 6.24. The van der Waals surface area contributed by atoms with Crippen molar-refractivity contribution in [2.45, 2.75) is 51.0 Å². The van der Waals surface area contributed by atoms with Gasteiger partial charge in [0.25, 0.3) is 0 Å². The van der Waals surface area contributed by atoms with Gasteiger partial charge in [0.2, 0.25) is 0 Å². The topological polar surface area (TPSA) is 21.3 Å². The van der Waals surface area contributed by atoms with Crippen LogP contribution in [0.15, 0.2) is 30.3 Å². The number of nitrogens with one attached hydrogen (secondary N) is 1. The molecule has 1 aliphatic heterocycles. The summed E-state index contributed by atoms with van der Waals surface area (Å²) in [6.45, 7) is 5.65. The van der Waals surface area contributed by atoms with E-state index in [1.807, 2.05) is 0 Å². The van der Waals surface area contributed by atoms with Crippen molar-refractivity contribution in [3.63, 3.8) is 0 Å². The van der Waals surface area contributed by atoms with Crippen LogP contribution in [0.2, 0.25) is 0 Å². The van der Waals surface area contributed by atoms with E-state index in [1.165, 1.54) is 44.2 Å². The van der Waals surface area contributed by atoms with Crippen LogP contribution in [0.5, 0.6) is 0 Å². The molecule has 0 aromatic heterocycles. The maximum absolute atomic E-state index is 6.24. The minimum Gasteiger partial charge on any atom is -0.378 e. The van der Waals surface area contributed by atoms with Gasteiger partial charge in [-0.05, 0) is 62.0 Å². The Morgan fingerprint density at radius 3 is 2.52 bits per heavy atom. The second kappa shape index (κ2) is 7.42. The van der Waals surface area contributed by atoms with Gasteiger partial charge in [0, 0.05) is 6.54 Å². The fraction of sp³-hybridized carbons (Fsp3) is 0.684. The van der Waals surface area contributed by atoms with Gasteiger partial charge in [0.05, 0.1) is 12.7 Å². The van der Waals surface area contributed by atoms with Crippen molar-refractivity contribution >= 4 is 0 Å². The lowest BCUT2D eigenvalue weighted by Crippen LogP contribution is -2.38. The molecule has 0 spiro atoms. The summed E-state index contributed by atoms with van der Waals surface area (Å²) in [6.07, 6.45) is 6.83. The van der Waals surface area contributed by atoms with Crippen molar-refractivity contribution in [3.05, 3.63) is 35.9 Å². The first-order chi connectivity index (χ1) is 10.3. The minimum atomic E-state index is 0.499. The second-order valence-corrected chi connectivity index (χ2v) is 6.95. The Labute approximate surface area is 129 Å². The molecular formula is C19H29NO. The fourth-order valence-corrected chi connectivity index (χ4v) is 3.82. The Bertz CT molecular complexity index is 411. The van der Waals surface area contributed by atoms with Crippen molar-refractivity contribution in [3.8, 4) is 0 Å². The highest BCUT2D eigenvalue weighted by Gasteiger charge is 2.26. The molecule has 116 valence electrons. The summed E-state index contributed by atoms with van der Waals surface area (Å²) < 4.78 is 6.24. The highest BCUT2D eigenvalue weighted by Crippen LogP contribution is 2.34. The molecule has 1 saturated carbocycles. The van der Waals surface area contributed by atoms with Crippen LogP contribution >= 0.6 is 0 Å². The van der Waals surface area contributed by atoms with E-state index in [9.17, 15) is 0 Å². The highest BCUT2D eigenvalue weighted by atomic mass is 16.5. The molecule has 21 heavy (non-hydrogen) atoms.